The van der Waals surface area contributed by atoms with E-state index in [0.717, 1.165) is 5.56 Å². The fourth-order valence-corrected chi connectivity index (χ4v) is 1.56. The van der Waals surface area contributed by atoms with Gasteiger partial charge in [-0.1, -0.05) is 48.0 Å². The Labute approximate surface area is 109 Å². The highest BCUT2D eigenvalue weighted by Gasteiger charge is 2.07. The third-order valence-electron chi connectivity index (χ3n) is 2.24. The number of hydrogen-bond acceptors (Lipinski definition) is 4. The van der Waals surface area contributed by atoms with Gasteiger partial charge in [0.05, 0.1) is 0 Å². The molecule has 2 aromatic rings. The summed E-state index contributed by atoms with van der Waals surface area (Å²) in [5, 5.41) is 9.00. The maximum atomic E-state index is 8.82. The molecule has 1 aromatic heterocycles. The highest BCUT2D eigenvalue weighted by molar-refractivity contribution is 6.30. The van der Waals surface area contributed by atoms with Gasteiger partial charge >= 0.3 is 0 Å². The smallest absolute Gasteiger partial charge is 0.183 e. The zero-order valence-corrected chi connectivity index (χ0v) is 10.1. The second-order valence-corrected chi connectivity index (χ2v) is 3.85. The van der Waals surface area contributed by atoms with Crippen LogP contribution in [0.4, 0.5) is 5.82 Å². The number of aromatic nitrogens is 2. The molecule has 0 radical (unpaired) electrons. The van der Waals surface area contributed by atoms with Gasteiger partial charge in [0.2, 0.25) is 0 Å². The minimum Gasteiger partial charge on any atom is -0.381 e. The summed E-state index contributed by atoms with van der Waals surface area (Å²) in [6, 6.07) is 11.5. The van der Waals surface area contributed by atoms with E-state index >= 15 is 0 Å². The minimum atomic E-state index is 0.0411. The van der Waals surface area contributed by atoms with Crippen LogP contribution in [0, 0.1) is 11.3 Å². The van der Waals surface area contributed by atoms with Gasteiger partial charge in [-0.2, -0.15) is 5.26 Å². The van der Waals surface area contributed by atoms with E-state index in [4.69, 9.17) is 22.6 Å². The van der Waals surface area contributed by atoms with Crippen molar-refractivity contribution in [2.45, 2.75) is 0 Å². The van der Waals surface area contributed by atoms with Crippen LogP contribution in [0.25, 0.3) is 12.2 Å². The first-order chi connectivity index (χ1) is 8.70. The lowest BCUT2D eigenvalue weighted by molar-refractivity contribution is 1.16. The van der Waals surface area contributed by atoms with Crippen molar-refractivity contribution in [1.82, 2.24) is 9.97 Å². The lowest BCUT2D eigenvalue weighted by Crippen LogP contribution is -2.00. The van der Waals surface area contributed by atoms with Crippen molar-refractivity contribution in [3.8, 4) is 6.07 Å². The quantitative estimate of drug-likeness (QED) is 0.896. The van der Waals surface area contributed by atoms with Gasteiger partial charge < -0.3 is 5.73 Å². The molecule has 2 N–H and O–H groups in total. The minimum absolute atomic E-state index is 0.0411. The molecular formula is C13H9ClN4. The van der Waals surface area contributed by atoms with E-state index in [2.05, 4.69) is 9.97 Å². The Balaban J connectivity index is 2.36. The Morgan fingerprint density at radius 1 is 1.17 bits per heavy atom. The van der Waals surface area contributed by atoms with Crippen LogP contribution in [0.2, 0.25) is 5.15 Å². The average molecular weight is 257 g/mol. The van der Waals surface area contributed by atoms with Gasteiger partial charge in [-0.15, -0.1) is 0 Å². The van der Waals surface area contributed by atoms with E-state index in [1.54, 1.807) is 6.08 Å². The Hall–Kier alpha value is -2.38. The van der Waals surface area contributed by atoms with E-state index in [0.29, 0.717) is 5.69 Å². The van der Waals surface area contributed by atoms with Crippen LogP contribution in [-0.4, -0.2) is 9.97 Å². The molecule has 18 heavy (non-hydrogen) atoms. The molecule has 0 atom stereocenters. The van der Waals surface area contributed by atoms with Gasteiger partial charge in [0, 0.05) is 0 Å². The van der Waals surface area contributed by atoms with Crippen molar-refractivity contribution < 1.29 is 0 Å². The van der Waals surface area contributed by atoms with Gasteiger partial charge in [-0.05, 0) is 11.6 Å². The number of nitrogens with zero attached hydrogens (tertiary/aromatic N) is 3. The van der Waals surface area contributed by atoms with Crippen LogP contribution in [-0.2, 0) is 0 Å². The molecule has 0 bridgehead atoms. The lowest BCUT2D eigenvalue weighted by Gasteiger charge is -2.00. The molecule has 0 unspecified atom stereocenters. The van der Waals surface area contributed by atoms with Crippen LogP contribution in [0.5, 0.6) is 0 Å². The van der Waals surface area contributed by atoms with Crippen LogP contribution >= 0.6 is 11.6 Å². The van der Waals surface area contributed by atoms with Gasteiger partial charge in [0.1, 0.15) is 11.8 Å². The number of nitrogen functional groups attached to an aromatic ring is 1. The predicted molar refractivity (Wildman–Crippen MR) is 71.5 cm³/mol. The SMILES string of the molecule is N#Cc1nc(/C=C/c2ccccc2)c(Cl)nc1N. The number of nitrogens with two attached hydrogens (primary N) is 1. The van der Waals surface area contributed by atoms with E-state index < -0.39 is 0 Å². The molecule has 4 nitrogen and oxygen atoms in total. The molecule has 0 amide bonds. The highest BCUT2D eigenvalue weighted by Crippen LogP contribution is 2.17. The second kappa shape index (κ2) is 5.30. The summed E-state index contributed by atoms with van der Waals surface area (Å²) in [6.45, 7) is 0. The first-order valence-electron chi connectivity index (χ1n) is 5.17. The van der Waals surface area contributed by atoms with E-state index in [1.165, 1.54) is 0 Å². The highest BCUT2D eigenvalue weighted by atomic mass is 35.5. The molecule has 0 aliphatic carbocycles. The number of halogens is 1. The van der Waals surface area contributed by atoms with Gasteiger partial charge in [-0.25, -0.2) is 9.97 Å². The predicted octanol–water partition coefficient (Wildman–Crippen LogP) is 2.75. The number of rotatable bonds is 2. The maximum absolute atomic E-state index is 8.82. The summed E-state index contributed by atoms with van der Waals surface area (Å²) in [4.78, 5) is 7.90. The molecule has 0 saturated heterocycles. The standard InChI is InChI=1S/C13H9ClN4/c14-12-10(17-11(8-15)13(16)18-12)7-6-9-4-2-1-3-5-9/h1-7H,(H2,16,18)/b7-6+. The fourth-order valence-electron chi connectivity index (χ4n) is 1.37. The number of nitriles is 1. The van der Waals surface area contributed by atoms with Crippen LogP contribution in [0.1, 0.15) is 17.0 Å². The zero-order chi connectivity index (χ0) is 13.0. The third-order valence-corrected chi connectivity index (χ3v) is 2.52. The molecule has 0 aliphatic heterocycles. The Morgan fingerprint density at radius 3 is 2.56 bits per heavy atom. The molecule has 2 rings (SSSR count). The Morgan fingerprint density at radius 2 is 1.89 bits per heavy atom. The van der Waals surface area contributed by atoms with E-state index in [-0.39, 0.29) is 16.7 Å². The topological polar surface area (TPSA) is 75.6 Å². The van der Waals surface area contributed by atoms with Crippen LogP contribution in [0.15, 0.2) is 30.3 Å². The van der Waals surface area contributed by atoms with E-state index in [1.807, 2.05) is 42.5 Å². The third kappa shape index (κ3) is 2.65. The summed E-state index contributed by atoms with van der Waals surface area (Å²) in [7, 11) is 0. The maximum Gasteiger partial charge on any atom is 0.183 e. The molecule has 88 valence electrons. The number of hydrogen-bond donors (Lipinski definition) is 1. The summed E-state index contributed by atoms with van der Waals surface area (Å²) < 4.78 is 0. The van der Waals surface area contributed by atoms with Gasteiger partial charge in [0.25, 0.3) is 0 Å². The normalized spacial score (nSPS) is 10.4. The number of benzene rings is 1. The molecule has 0 spiro atoms. The van der Waals surface area contributed by atoms with Crippen molar-refractivity contribution in [2.75, 3.05) is 5.73 Å². The molecule has 0 saturated carbocycles. The number of anilines is 1. The Kier molecular flexibility index (Phi) is 3.56. The summed E-state index contributed by atoms with van der Waals surface area (Å²) >= 11 is 5.91. The van der Waals surface area contributed by atoms with Crippen molar-refractivity contribution in [3.05, 3.63) is 52.4 Å². The summed E-state index contributed by atoms with van der Waals surface area (Å²) in [5.41, 5.74) is 7.01. The second-order valence-electron chi connectivity index (χ2n) is 3.49. The van der Waals surface area contributed by atoms with Gasteiger partial charge in [-0.3, -0.25) is 0 Å². The first-order valence-corrected chi connectivity index (χ1v) is 5.55. The molecule has 1 heterocycles. The fraction of sp³-hybridized carbons (Fsp3) is 0. The molecule has 0 fully saturated rings. The van der Waals surface area contributed by atoms with Crippen molar-refractivity contribution in [1.29, 1.82) is 5.26 Å². The van der Waals surface area contributed by atoms with Gasteiger partial charge in [0.15, 0.2) is 16.7 Å². The van der Waals surface area contributed by atoms with Crippen LogP contribution < -0.4 is 5.73 Å². The Bertz CT molecular complexity index is 629. The van der Waals surface area contributed by atoms with Crippen molar-refractivity contribution in [2.24, 2.45) is 0 Å². The summed E-state index contributed by atoms with van der Waals surface area (Å²) in [5.74, 6) is 0.0411. The zero-order valence-electron chi connectivity index (χ0n) is 9.34. The van der Waals surface area contributed by atoms with Crippen molar-refractivity contribution in [3.63, 3.8) is 0 Å². The van der Waals surface area contributed by atoms with Crippen LogP contribution in [0.3, 0.4) is 0 Å². The van der Waals surface area contributed by atoms with Crippen molar-refractivity contribution >= 4 is 29.6 Å². The monoisotopic (exact) mass is 256 g/mol. The summed E-state index contributed by atoms with van der Waals surface area (Å²) in [6.07, 6.45) is 3.54. The lowest BCUT2D eigenvalue weighted by atomic mass is 10.2. The molecule has 5 heteroatoms. The molecular weight excluding hydrogens is 248 g/mol. The molecule has 1 aromatic carbocycles. The van der Waals surface area contributed by atoms with E-state index in [9.17, 15) is 0 Å². The molecule has 0 aliphatic rings. The largest absolute Gasteiger partial charge is 0.381 e. The average Bonchev–Trinajstić information content (AvgIpc) is 2.39. The first kappa shape index (κ1) is 12.1.